The lowest BCUT2D eigenvalue weighted by atomic mass is 10.1. The second kappa shape index (κ2) is 10.2. The van der Waals surface area contributed by atoms with Gasteiger partial charge in [-0.3, -0.25) is 14.5 Å². The van der Waals surface area contributed by atoms with Gasteiger partial charge in [0, 0.05) is 19.5 Å². The SMILES string of the molecule is CC(=O)CC[C@H]1CN(c2ccc(N3CCON(C(=O)c4ccccc4F)CC3)c(F)c2)C(=O)O1. The fourth-order valence-electron chi connectivity index (χ4n) is 3.99. The van der Waals surface area contributed by atoms with Crippen molar-refractivity contribution in [3.05, 3.63) is 59.7 Å². The van der Waals surface area contributed by atoms with Crippen molar-refractivity contribution in [2.75, 3.05) is 42.6 Å². The summed E-state index contributed by atoms with van der Waals surface area (Å²) in [5.41, 5.74) is 0.567. The Kier molecular flexibility index (Phi) is 7.06. The Hall–Kier alpha value is -3.53. The maximum absolute atomic E-state index is 15.0. The van der Waals surface area contributed by atoms with Gasteiger partial charge < -0.3 is 14.4 Å². The summed E-state index contributed by atoms with van der Waals surface area (Å²) in [5, 5.41) is 1.09. The fraction of sp³-hybridized carbons (Fsp3) is 0.375. The molecule has 4 rings (SSSR count). The number of Topliss-reactive ketones (excluding diaryl/α,β-unsaturated/α-hetero) is 1. The highest BCUT2D eigenvalue weighted by Crippen LogP contribution is 2.29. The largest absolute Gasteiger partial charge is 0.444 e. The van der Waals surface area contributed by atoms with Crippen molar-refractivity contribution in [3.63, 3.8) is 0 Å². The van der Waals surface area contributed by atoms with E-state index in [0.717, 1.165) is 5.06 Å². The molecular weight excluding hydrogens is 448 g/mol. The highest BCUT2D eigenvalue weighted by atomic mass is 19.1. The molecule has 1 atom stereocenters. The van der Waals surface area contributed by atoms with E-state index in [-0.39, 0.29) is 37.6 Å². The molecule has 2 aliphatic heterocycles. The lowest BCUT2D eigenvalue weighted by Gasteiger charge is -2.24. The summed E-state index contributed by atoms with van der Waals surface area (Å²) in [4.78, 5) is 44.6. The standard InChI is InChI=1S/C24H25F2N3O5/c1-16(30)6-8-18-15-28(24(32)34-18)17-7-9-22(21(26)14-17)27-10-11-29(33-13-12-27)23(31)19-4-2-3-5-20(19)25/h2-5,7,9,14,18H,6,8,10-13,15H2,1H3/t18-/m0/s1. The second-order valence-corrected chi connectivity index (χ2v) is 8.20. The van der Waals surface area contributed by atoms with Gasteiger partial charge in [0.2, 0.25) is 0 Å². The average molecular weight is 473 g/mol. The zero-order valence-corrected chi connectivity index (χ0v) is 18.7. The quantitative estimate of drug-likeness (QED) is 0.639. The number of hydrogen-bond acceptors (Lipinski definition) is 6. The maximum Gasteiger partial charge on any atom is 0.414 e. The van der Waals surface area contributed by atoms with E-state index in [2.05, 4.69) is 0 Å². The van der Waals surface area contributed by atoms with Gasteiger partial charge in [0.15, 0.2) is 0 Å². The van der Waals surface area contributed by atoms with Gasteiger partial charge in [-0.15, -0.1) is 0 Å². The van der Waals surface area contributed by atoms with Crippen LogP contribution in [0.3, 0.4) is 0 Å². The van der Waals surface area contributed by atoms with Crippen LogP contribution in [0.1, 0.15) is 30.1 Å². The number of cyclic esters (lactones) is 1. The third-order valence-electron chi connectivity index (χ3n) is 5.79. The number of benzene rings is 2. The Morgan fingerprint density at radius 2 is 1.85 bits per heavy atom. The number of amides is 2. The van der Waals surface area contributed by atoms with Crippen molar-refractivity contribution in [1.29, 1.82) is 0 Å². The van der Waals surface area contributed by atoms with Crippen molar-refractivity contribution in [3.8, 4) is 0 Å². The molecule has 0 radical (unpaired) electrons. The fourth-order valence-corrected chi connectivity index (χ4v) is 3.99. The van der Waals surface area contributed by atoms with Crippen LogP contribution in [0.15, 0.2) is 42.5 Å². The number of anilines is 2. The number of ketones is 1. The topological polar surface area (TPSA) is 79.4 Å². The van der Waals surface area contributed by atoms with Crippen molar-refractivity contribution in [2.45, 2.75) is 25.9 Å². The Morgan fingerprint density at radius 1 is 1.06 bits per heavy atom. The van der Waals surface area contributed by atoms with Gasteiger partial charge in [-0.1, -0.05) is 12.1 Å². The number of carbonyl (C=O) groups is 3. The average Bonchev–Trinajstić information content (AvgIpc) is 3.01. The van der Waals surface area contributed by atoms with E-state index in [1.54, 1.807) is 23.1 Å². The van der Waals surface area contributed by atoms with Gasteiger partial charge in [-0.2, -0.15) is 0 Å². The zero-order valence-electron chi connectivity index (χ0n) is 18.7. The van der Waals surface area contributed by atoms with Crippen LogP contribution in [0, 0.1) is 11.6 Å². The molecule has 2 fully saturated rings. The number of halogens is 2. The van der Waals surface area contributed by atoms with Crippen LogP contribution in [-0.4, -0.2) is 61.7 Å². The van der Waals surface area contributed by atoms with E-state index >= 15 is 4.39 Å². The molecule has 2 amide bonds. The maximum atomic E-state index is 15.0. The molecule has 8 nitrogen and oxygen atoms in total. The predicted octanol–water partition coefficient (Wildman–Crippen LogP) is 3.55. The van der Waals surface area contributed by atoms with E-state index in [4.69, 9.17) is 9.57 Å². The lowest BCUT2D eigenvalue weighted by molar-refractivity contribution is -0.117. The highest BCUT2D eigenvalue weighted by Gasteiger charge is 2.33. The van der Waals surface area contributed by atoms with E-state index < -0.39 is 29.7 Å². The zero-order chi connectivity index (χ0) is 24.2. The van der Waals surface area contributed by atoms with Gasteiger partial charge in [0.05, 0.1) is 36.6 Å². The van der Waals surface area contributed by atoms with Crippen LogP contribution in [0.5, 0.6) is 0 Å². The van der Waals surface area contributed by atoms with Crippen LogP contribution in [0.2, 0.25) is 0 Å². The Bertz CT molecular complexity index is 1100. The lowest BCUT2D eigenvalue weighted by Crippen LogP contribution is -2.35. The molecule has 0 spiro atoms. The third kappa shape index (κ3) is 5.17. The van der Waals surface area contributed by atoms with Crippen LogP contribution in [0.25, 0.3) is 0 Å². The number of hydroxylamine groups is 2. The van der Waals surface area contributed by atoms with E-state index in [1.807, 2.05) is 0 Å². The van der Waals surface area contributed by atoms with E-state index in [0.29, 0.717) is 30.8 Å². The molecule has 0 unspecified atom stereocenters. The van der Waals surface area contributed by atoms with Gasteiger partial charge >= 0.3 is 6.09 Å². The van der Waals surface area contributed by atoms with Crippen LogP contribution < -0.4 is 9.80 Å². The van der Waals surface area contributed by atoms with Crippen LogP contribution in [-0.2, 0) is 14.4 Å². The molecule has 0 saturated carbocycles. The highest BCUT2D eigenvalue weighted by molar-refractivity contribution is 5.94. The second-order valence-electron chi connectivity index (χ2n) is 8.20. The van der Waals surface area contributed by atoms with Crippen LogP contribution >= 0.6 is 0 Å². The van der Waals surface area contributed by atoms with Crippen molar-refractivity contribution in [1.82, 2.24) is 5.06 Å². The molecular formula is C24H25F2N3O5. The summed E-state index contributed by atoms with van der Waals surface area (Å²) in [6.07, 6.45) is -0.258. The number of carbonyl (C=O) groups excluding carboxylic acids is 3. The van der Waals surface area contributed by atoms with Crippen molar-refractivity contribution in [2.24, 2.45) is 0 Å². The molecule has 34 heavy (non-hydrogen) atoms. The van der Waals surface area contributed by atoms with E-state index in [9.17, 15) is 18.8 Å². The summed E-state index contributed by atoms with van der Waals surface area (Å²) in [5.74, 6) is -1.75. The molecule has 0 aromatic heterocycles. The first-order chi connectivity index (χ1) is 16.3. The molecule has 180 valence electrons. The first-order valence-electron chi connectivity index (χ1n) is 11.0. The first-order valence-corrected chi connectivity index (χ1v) is 11.0. The number of ether oxygens (including phenoxy) is 1. The van der Waals surface area contributed by atoms with Crippen molar-refractivity contribution >= 4 is 29.2 Å². The molecule has 0 N–H and O–H groups in total. The minimum absolute atomic E-state index is 0.0143. The molecule has 2 aromatic carbocycles. The normalized spacial score (nSPS) is 18.6. The van der Waals surface area contributed by atoms with Gasteiger partial charge in [0.1, 0.15) is 23.5 Å². The van der Waals surface area contributed by atoms with Crippen LogP contribution in [0.4, 0.5) is 25.0 Å². The van der Waals surface area contributed by atoms with Crippen molar-refractivity contribution < 1.29 is 32.7 Å². The molecule has 2 heterocycles. The number of hydrogen-bond donors (Lipinski definition) is 0. The van der Waals surface area contributed by atoms with Gasteiger partial charge in [0.25, 0.3) is 5.91 Å². The minimum atomic E-state index is -0.636. The molecule has 2 aliphatic rings. The predicted molar refractivity (Wildman–Crippen MR) is 120 cm³/mol. The Morgan fingerprint density at radius 3 is 2.59 bits per heavy atom. The third-order valence-corrected chi connectivity index (χ3v) is 5.79. The van der Waals surface area contributed by atoms with E-state index in [1.165, 1.54) is 36.1 Å². The summed E-state index contributed by atoms with van der Waals surface area (Å²) in [7, 11) is 0. The summed E-state index contributed by atoms with van der Waals surface area (Å²) in [6.45, 7) is 2.54. The molecule has 2 aromatic rings. The van der Waals surface area contributed by atoms with Gasteiger partial charge in [-0.05, 0) is 43.7 Å². The van der Waals surface area contributed by atoms with Gasteiger partial charge in [-0.25, -0.2) is 18.6 Å². The summed E-state index contributed by atoms with van der Waals surface area (Å²) < 4.78 is 34.3. The number of rotatable bonds is 6. The smallest absolute Gasteiger partial charge is 0.414 e. The minimum Gasteiger partial charge on any atom is -0.444 e. The number of nitrogens with zero attached hydrogens (tertiary/aromatic N) is 3. The monoisotopic (exact) mass is 473 g/mol. The molecule has 10 heteroatoms. The summed E-state index contributed by atoms with van der Waals surface area (Å²) >= 11 is 0. The summed E-state index contributed by atoms with van der Waals surface area (Å²) in [6, 6.07) is 10.1. The first kappa shape index (κ1) is 23.6. The Labute approximate surface area is 195 Å². The molecule has 0 aliphatic carbocycles. The molecule has 2 saturated heterocycles. The molecule has 0 bridgehead atoms. The Balaban J connectivity index is 1.41.